The summed E-state index contributed by atoms with van der Waals surface area (Å²) in [6, 6.07) is 4.59. The maximum absolute atomic E-state index is 14.1. The van der Waals surface area contributed by atoms with Crippen LogP contribution in [0.15, 0.2) is 18.2 Å². The van der Waals surface area contributed by atoms with Crippen LogP contribution in [0.25, 0.3) is 0 Å². The topological polar surface area (TPSA) is 61.9 Å². The van der Waals surface area contributed by atoms with Gasteiger partial charge in [0.1, 0.15) is 5.60 Å². The van der Waals surface area contributed by atoms with E-state index in [1.165, 1.54) is 44.2 Å². The maximum atomic E-state index is 14.1. The molecule has 2 atom stereocenters. The van der Waals surface area contributed by atoms with Gasteiger partial charge in [-0.1, -0.05) is 49.9 Å². The van der Waals surface area contributed by atoms with Crippen molar-refractivity contribution in [1.29, 1.82) is 0 Å². The van der Waals surface area contributed by atoms with E-state index >= 15 is 0 Å². The second kappa shape index (κ2) is 13.7. The number of amides is 1. The third-order valence-corrected chi connectivity index (χ3v) is 9.60. The van der Waals surface area contributed by atoms with Gasteiger partial charge in [0.15, 0.2) is 0 Å². The Morgan fingerprint density at radius 1 is 1.10 bits per heavy atom. The van der Waals surface area contributed by atoms with Crippen LogP contribution in [0, 0.1) is 17.3 Å². The first kappa shape index (κ1) is 32.2. The number of nitrogens with one attached hydrogen (secondary N) is 1. The van der Waals surface area contributed by atoms with E-state index in [1.54, 1.807) is 6.07 Å². The minimum atomic E-state index is -2.65. The van der Waals surface area contributed by atoms with Crippen LogP contribution < -0.4 is 5.32 Å². The average Bonchev–Trinajstić information content (AvgIpc) is 3.21. The number of esters is 1. The van der Waals surface area contributed by atoms with Gasteiger partial charge in [-0.2, -0.15) is 0 Å². The molecule has 0 radical (unpaired) electrons. The molecule has 0 spiro atoms. The summed E-state index contributed by atoms with van der Waals surface area (Å²) in [6.45, 7) is 11.4. The third-order valence-electron chi connectivity index (χ3n) is 9.25. The summed E-state index contributed by atoms with van der Waals surface area (Å²) < 4.78 is 33.2. The number of halogens is 3. The average molecular weight is 596 g/mol. The number of ether oxygens (including phenoxy) is 1. The fourth-order valence-corrected chi connectivity index (χ4v) is 7.28. The summed E-state index contributed by atoms with van der Waals surface area (Å²) in [5, 5.41) is 3.59. The van der Waals surface area contributed by atoms with E-state index in [0.29, 0.717) is 12.1 Å². The summed E-state index contributed by atoms with van der Waals surface area (Å²) in [5.74, 6) is 0.0481. The molecule has 1 amide bonds. The van der Waals surface area contributed by atoms with E-state index in [1.807, 2.05) is 32.6 Å². The van der Waals surface area contributed by atoms with Gasteiger partial charge < -0.3 is 15.0 Å². The van der Waals surface area contributed by atoms with Gasteiger partial charge in [0.05, 0.1) is 11.8 Å². The molecule has 2 unspecified atom stereocenters. The van der Waals surface area contributed by atoms with Gasteiger partial charge in [0, 0.05) is 55.9 Å². The molecule has 230 valence electrons. The molecule has 9 heteroatoms. The van der Waals surface area contributed by atoms with Crippen LogP contribution in [0.5, 0.6) is 0 Å². The molecule has 1 N–H and O–H groups in total. The van der Waals surface area contributed by atoms with Crippen molar-refractivity contribution in [3.63, 3.8) is 0 Å². The van der Waals surface area contributed by atoms with E-state index < -0.39 is 23.4 Å². The first-order valence-corrected chi connectivity index (χ1v) is 15.8. The van der Waals surface area contributed by atoms with Gasteiger partial charge in [-0.25, -0.2) is 8.78 Å². The van der Waals surface area contributed by atoms with Crippen molar-refractivity contribution < 1.29 is 23.1 Å². The molecular weight excluding hydrogens is 548 g/mol. The van der Waals surface area contributed by atoms with Crippen molar-refractivity contribution in [2.24, 2.45) is 17.3 Å². The van der Waals surface area contributed by atoms with Crippen molar-refractivity contribution >= 4 is 23.5 Å². The minimum absolute atomic E-state index is 0.0517. The van der Waals surface area contributed by atoms with E-state index in [4.69, 9.17) is 16.3 Å². The Hall–Kier alpha value is -1.77. The van der Waals surface area contributed by atoms with Gasteiger partial charge in [-0.3, -0.25) is 14.5 Å². The largest absolute Gasteiger partial charge is 0.460 e. The highest BCUT2D eigenvalue weighted by Gasteiger charge is 2.52. The molecule has 1 saturated carbocycles. The molecule has 1 aromatic rings. The van der Waals surface area contributed by atoms with Crippen LogP contribution in [0.3, 0.4) is 0 Å². The Morgan fingerprint density at radius 2 is 1.78 bits per heavy atom. The number of rotatable bonds is 9. The van der Waals surface area contributed by atoms with Crippen LogP contribution in [0.1, 0.15) is 96.6 Å². The van der Waals surface area contributed by atoms with E-state index in [2.05, 4.69) is 10.2 Å². The summed E-state index contributed by atoms with van der Waals surface area (Å²) >= 11 is 6.36. The number of carbonyl (C=O) groups is 2. The van der Waals surface area contributed by atoms with Crippen LogP contribution in [0.4, 0.5) is 8.78 Å². The smallest absolute Gasteiger partial charge is 0.307 e. The lowest BCUT2D eigenvalue weighted by Gasteiger charge is -2.38. The highest BCUT2D eigenvalue weighted by Crippen LogP contribution is 2.42. The van der Waals surface area contributed by atoms with Crippen molar-refractivity contribution in [2.75, 3.05) is 32.7 Å². The first-order chi connectivity index (χ1) is 19.4. The van der Waals surface area contributed by atoms with Gasteiger partial charge in [0.25, 0.3) is 6.43 Å². The number of likely N-dealkylation sites (tertiary alicyclic amines) is 2. The molecule has 0 bridgehead atoms. The Morgan fingerprint density at radius 3 is 2.41 bits per heavy atom. The molecule has 6 nitrogen and oxygen atoms in total. The van der Waals surface area contributed by atoms with Crippen LogP contribution in [-0.2, 0) is 20.9 Å². The fraction of sp³-hybridized carbons (Fsp3) is 0.750. The number of benzene rings is 1. The Kier molecular flexibility index (Phi) is 10.7. The van der Waals surface area contributed by atoms with Gasteiger partial charge >= 0.3 is 5.97 Å². The predicted molar refractivity (Wildman–Crippen MR) is 158 cm³/mol. The molecule has 2 saturated heterocycles. The SMILES string of the molecule is CC1CN(Cc2c(Cl)cccc2C(F)F)CC1(CC(=O)OC(C)(C)C)C(=O)NC1CCN(CC2CCCCC2)CC1. The number of carbonyl (C=O) groups excluding carboxylic acids is 2. The van der Waals surface area contributed by atoms with Crippen molar-refractivity contribution in [3.05, 3.63) is 34.3 Å². The van der Waals surface area contributed by atoms with Crippen molar-refractivity contribution in [1.82, 2.24) is 15.1 Å². The molecule has 41 heavy (non-hydrogen) atoms. The van der Waals surface area contributed by atoms with Crippen LogP contribution in [0.2, 0.25) is 5.02 Å². The van der Waals surface area contributed by atoms with Crippen molar-refractivity contribution in [2.45, 2.75) is 104 Å². The normalized spacial score (nSPS) is 25.5. The van der Waals surface area contributed by atoms with Gasteiger partial charge in [0.2, 0.25) is 5.91 Å². The first-order valence-electron chi connectivity index (χ1n) is 15.4. The number of hydrogen-bond donors (Lipinski definition) is 1. The van der Waals surface area contributed by atoms with Crippen LogP contribution in [-0.4, -0.2) is 66.0 Å². The lowest BCUT2D eigenvalue weighted by atomic mass is 9.75. The van der Waals surface area contributed by atoms with E-state index in [0.717, 1.165) is 38.4 Å². The standard InChI is InChI=1S/C32H48ClF2N3O3/c1-22-18-38(20-26-25(29(34)35)11-8-12-27(26)33)21-32(22,17-28(39)41-31(2,3)4)30(40)36-24-13-15-37(16-14-24)19-23-9-6-5-7-10-23/h8,11-12,22-24,29H,5-7,9-10,13-21H2,1-4H3,(H,36,40). The highest BCUT2D eigenvalue weighted by atomic mass is 35.5. The Balaban J connectivity index is 1.45. The van der Waals surface area contributed by atoms with Gasteiger partial charge in [-0.15, -0.1) is 0 Å². The summed E-state index contributed by atoms with van der Waals surface area (Å²) in [4.78, 5) is 31.7. The lowest BCUT2D eigenvalue weighted by Crippen LogP contribution is -2.53. The molecule has 1 aromatic carbocycles. The second-order valence-corrected chi connectivity index (χ2v) is 14.1. The van der Waals surface area contributed by atoms with Crippen LogP contribution >= 0.6 is 11.6 Å². The number of nitrogens with zero attached hydrogens (tertiary/aromatic N) is 2. The molecular formula is C32H48ClF2N3O3. The summed E-state index contributed by atoms with van der Waals surface area (Å²) in [6.07, 6.45) is 5.75. The molecule has 0 aromatic heterocycles. The Labute approximate surface area is 249 Å². The summed E-state index contributed by atoms with van der Waals surface area (Å²) in [5.41, 5.74) is -1.42. The van der Waals surface area contributed by atoms with Crippen molar-refractivity contribution in [3.8, 4) is 0 Å². The molecule has 2 aliphatic heterocycles. The molecule has 2 heterocycles. The fourth-order valence-electron chi connectivity index (χ4n) is 7.04. The summed E-state index contributed by atoms with van der Waals surface area (Å²) in [7, 11) is 0. The minimum Gasteiger partial charge on any atom is -0.460 e. The number of hydrogen-bond acceptors (Lipinski definition) is 5. The number of piperidine rings is 1. The second-order valence-electron chi connectivity index (χ2n) is 13.7. The highest BCUT2D eigenvalue weighted by molar-refractivity contribution is 6.31. The Bertz CT molecular complexity index is 1050. The quantitative estimate of drug-likeness (QED) is 0.326. The zero-order valence-corrected chi connectivity index (χ0v) is 25.9. The molecule has 3 aliphatic rings. The van der Waals surface area contributed by atoms with E-state index in [9.17, 15) is 18.4 Å². The molecule has 3 fully saturated rings. The lowest BCUT2D eigenvalue weighted by molar-refractivity contribution is -0.161. The zero-order valence-electron chi connectivity index (χ0n) is 25.2. The van der Waals surface area contributed by atoms with E-state index in [-0.39, 0.29) is 48.0 Å². The van der Waals surface area contributed by atoms with Gasteiger partial charge in [-0.05, 0) is 69.9 Å². The molecule has 1 aliphatic carbocycles. The maximum Gasteiger partial charge on any atom is 0.307 e. The zero-order chi connectivity index (χ0) is 29.8. The third kappa shape index (κ3) is 8.41. The number of alkyl halides is 2. The predicted octanol–water partition coefficient (Wildman–Crippen LogP) is 6.61. The monoisotopic (exact) mass is 595 g/mol. The molecule has 4 rings (SSSR count).